The number of para-hydroxylation sites is 1. The number of phenolic OH excluding ortho intramolecular Hbond substituents is 1. The topological polar surface area (TPSA) is 154 Å². The quantitative estimate of drug-likeness (QED) is 0.263. The highest BCUT2D eigenvalue weighted by Gasteiger charge is 2.44. The summed E-state index contributed by atoms with van der Waals surface area (Å²) in [5.74, 6) is -1.61. The predicted molar refractivity (Wildman–Crippen MR) is 155 cm³/mol. The number of hydrogen-bond donors (Lipinski definition) is 4. The Morgan fingerprint density at radius 3 is 2.26 bits per heavy atom. The van der Waals surface area contributed by atoms with Crippen LogP contribution < -0.4 is 20.7 Å². The lowest BCUT2D eigenvalue weighted by Gasteiger charge is -2.31. The van der Waals surface area contributed by atoms with E-state index < -0.39 is 53.9 Å². The van der Waals surface area contributed by atoms with Crippen molar-refractivity contribution in [3.63, 3.8) is 0 Å². The fourth-order valence-electron chi connectivity index (χ4n) is 4.85. The third-order valence-electron chi connectivity index (χ3n) is 7.13. The number of amides is 4. The second kappa shape index (κ2) is 15.0. The van der Waals surface area contributed by atoms with Gasteiger partial charge in [0, 0.05) is 19.8 Å². The van der Waals surface area contributed by atoms with Crippen LogP contribution in [-0.2, 0) is 30.4 Å². The molecule has 4 N–H and O–H groups in total. The molecule has 4 amide bonds. The molecule has 1 aliphatic heterocycles. The molecular formula is C31H40N4O7. The second-order valence-electron chi connectivity index (χ2n) is 10.8. The van der Waals surface area contributed by atoms with Gasteiger partial charge in [-0.15, -0.1) is 0 Å². The van der Waals surface area contributed by atoms with Crippen molar-refractivity contribution in [2.45, 2.75) is 77.2 Å². The summed E-state index contributed by atoms with van der Waals surface area (Å²) >= 11 is 0. The third-order valence-corrected chi connectivity index (χ3v) is 7.13. The fourth-order valence-corrected chi connectivity index (χ4v) is 4.85. The molecule has 0 aliphatic carbocycles. The van der Waals surface area contributed by atoms with Gasteiger partial charge >= 0.3 is 0 Å². The molecule has 0 spiro atoms. The zero-order chi connectivity index (χ0) is 30.8. The Balaban J connectivity index is 1.83. The number of nitrogens with one attached hydrogen (secondary N) is 3. The van der Waals surface area contributed by atoms with Crippen LogP contribution in [0.2, 0.25) is 0 Å². The SMILES string of the molecule is CC[C@@H](C=O)NC(=O)[C@@H]1C[C@@H](Oc2ccccc2)CN1C(=O)[C@@H](NC(=O)[C@H](Cc1ccc(O)cc1)NC(C)=O)C(C)C. The van der Waals surface area contributed by atoms with Crippen LogP contribution in [0.5, 0.6) is 11.5 Å². The van der Waals surface area contributed by atoms with Gasteiger partial charge in [0.15, 0.2) is 0 Å². The molecule has 2 aromatic carbocycles. The lowest BCUT2D eigenvalue weighted by molar-refractivity contribution is -0.143. The highest BCUT2D eigenvalue weighted by Crippen LogP contribution is 2.25. The Bertz CT molecular complexity index is 1240. The van der Waals surface area contributed by atoms with E-state index in [0.717, 1.165) is 0 Å². The number of carbonyl (C=O) groups is 5. The number of hydrogen-bond acceptors (Lipinski definition) is 7. The van der Waals surface area contributed by atoms with E-state index >= 15 is 0 Å². The number of phenols is 1. The van der Waals surface area contributed by atoms with Gasteiger partial charge in [-0.25, -0.2) is 0 Å². The summed E-state index contributed by atoms with van der Waals surface area (Å²) < 4.78 is 6.08. The summed E-state index contributed by atoms with van der Waals surface area (Å²) in [5.41, 5.74) is 0.701. The van der Waals surface area contributed by atoms with Gasteiger partial charge in [-0.05, 0) is 42.2 Å². The first kappa shape index (κ1) is 32.1. The van der Waals surface area contributed by atoms with E-state index in [1.807, 2.05) is 18.2 Å². The molecule has 11 heteroatoms. The van der Waals surface area contributed by atoms with Crippen LogP contribution in [0.15, 0.2) is 54.6 Å². The van der Waals surface area contributed by atoms with Crippen molar-refractivity contribution in [3.8, 4) is 11.5 Å². The molecule has 1 aliphatic rings. The molecule has 0 unspecified atom stereocenters. The highest BCUT2D eigenvalue weighted by molar-refractivity contribution is 5.95. The van der Waals surface area contributed by atoms with Gasteiger partial charge in [0.05, 0.1) is 12.6 Å². The monoisotopic (exact) mass is 580 g/mol. The van der Waals surface area contributed by atoms with Gasteiger partial charge in [-0.2, -0.15) is 0 Å². The maximum atomic E-state index is 14.0. The highest BCUT2D eigenvalue weighted by atomic mass is 16.5. The summed E-state index contributed by atoms with van der Waals surface area (Å²) in [6, 6.07) is 11.7. The summed E-state index contributed by atoms with van der Waals surface area (Å²) in [4.78, 5) is 65.4. The van der Waals surface area contributed by atoms with Crippen LogP contribution in [0.25, 0.3) is 0 Å². The number of ether oxygens (including phenoxy) is 1. The molecule has 226 valence electrons. The minimum Gasteiger partial charge on any atom is -0.508 e. The number of likely N-dealkylation sites (tertiary alicyclic amines) is 1. The smallest absolute Gasteiger partial charge is 0.246 e. The molecular weight excluding hydrogens is 540 g/mol. The Kier molecular flexibility index (Phi) is 11.5. The molecule has 1 heterocycles. The summed E-state index contributed by atoms with van der Waals surface area (Å²) in [6.07, 6.45) is 0.904. The van der Waals surface area contributed by atoms with E-state index in [2.05, 4.69) is 16.0 Å². The van der Waals surface area contributed by atoms with Crippen LogP contribution in [-0.4, -0.2) is 76.7 Å². The fraction of sp³-hybridized carbons (Fsp3) is 0.452. The van der Waals surface area contributed by atoms with Crippen LogP contribution in [0, 0.1) is 5.92 Å². The predicted octanol–water partition coefficient (Wildman–Crippen LogP) is 1.72. The average Bonchev–Trinajstić information content (AvgIpc) is 3.38. The Morgan fingerprint density at radius 1 is 1.02 bits per heavy atom. The molecule has 1 fully saturated rings. The van der Waals surface area contributed by atoms with Gasteiger partial charge in [-0.3, -0.25) is 19.2 Å². The first-order chi connectivity index (χ1) is 20.0. The minimum atomic E-state index is -1.01. The molecule has 0 radical (unpaired) electrons. The first-order valence-corrected chi connectivity index (χ1v) is 14.2. The number of carbonyl (C=O) groups excluding carboxylic acids is 5. The maximum Gasteiger partial charge on any atom is 0.246 e. The summed E-state index contributed by atoms with van der Waals surface area (Å²) in [5, 5.41) is 17.7. The van der Waals surface area contributed by atoms with Crippen molar-refractivity contribution in [1.29, 1.82) is 0 Å². The van der Waals surface area contributed by atoms with Crippen LogP contribution in [0.3, 0.4) is 0 Å². The molecule has 0 aromatic heterocycles. The summed E-state index contributed by atoms with van der Waals surface area (Å²) in [7, 11) is 0. The van der Waals surface area contributed by atoms with Gasteiger partial charge < -0.3 is 35.5 Å². The molecule has 0 bridgehead atoms. The Hall–Kier alpha value is -4.41. The zero-order valence-corrected chi connectivity index (χ0v) is 24.4. The number of rotatable bonds is 13. The largest absolute Gasteiger partial charge is 0.508 e. The van der Waals surface area contributed by atoms with Gasteiger partial charge in [0.25, 0.3) is 0 Å². The average molecular weight is 581 g/mol. The third kappa shape index (κ3) is 8.79. The molecule has 5 atom stereocenters. The molecule has 1 saturated heterocycles. The maximum absolute atomic E-state index is 14.0. The van der Waals surface area contributed by atoms with Crippen molar-refractivity contribution in [2.24, 2.45) is 5.92 Å². The van der Waals surface area contributed by atoms with Crippen LogP contribution in [0.1, 0.15) is 46.1 Å². The second-order valence-corrected chi connectivity index (χ2v) is 10.8. The normalized spacial score (nSPS) is 18.5. The van der Waals surface area contributed by atoms with Gasteiger partial charge in [0.1, 0.15) is 42.0 Å². The minimum absolute atomic E-state index is 0.0712. The van der Waals surface area contributed by atoms with E-state index in [4.69, 9.17) is 4.74 Å². The van der Waals surface area contributed by atoms with Crippen molar-refractivity contribution >= 4 is 29.9 Å². The van der Waals surface area contributed by atoms with E-state index in [-0.39, 0.29) is 31.1 Å². The van der Waals surface area contributed by atoms with Crippen molar-refractivity contribution in [1.82, 2.24) is 20.9 Å². The Labute approximate surface area is 246 Å². The Morgan fingerprint density at radius 2 is 1.69 bits per heavy atom. The number of benzene rings is 2. The van der Waals surface area contributed by atoms with Gasteiger partial charge in [0.2, 0.25) is 23.6 Å². The number of nitrogens with zero attached hydrogens (tertiary/aromatic N) is 1. The molecule has 0 saturated carbocycles. The van der Waals surface area contributed by atoms with E-state index in [9.17, 15) is 29.1 Å². The molecule has 42 heavy (non-hydrogen) atoms. The van der Waals surface area contributed by atoms with E-state index in [1.165, 1.54) is 24.0 Å². The molecule has 3 rings (SSSR count). The molecule has 11 nitrogen and oxygen atoms in total. The summed E-state index contributed by atoms with van der Waals surface area (Å²) in [6.45, 7) is 6.72. The molecule has 2 aromatic rings. The number of aldehydes is 1. The van der Waals surface area contributed by atoms with Crippen molar-refractivity contribution in [3.05, 3.63) is 60.2 Å². The van der Waals surface area contributed by atoms with E-state index in [1.54, 1.807) is 45.0 Å². The van der Waals surface area contributed by atoms with Gasteiger partial charge in [-0.1, -0.05) is 51.1 Å². The van der Waals surface area contributed by atoms with Crippen LogP contribution >= 0.6 is 0 Å². The van der Waals surface area contributed by atoms with Crippen molar-refractivity contribution < 1.29 is 33.8 Å². The van der Waals surface area contributed by atoms with Crippen LogP contribution in [0.4, 0.5) is 0 Å². The first-order valence-electron chi connectivity index (χ1n) is 14.2. The zero-order valence-electron chi connectivity index (χ0n) is 24.4. The number of aromatic hydroxyl groups is 1. The standard InChI is InChI=1S/C31H40N4O7/c1-5-22(18-36)33-30(40)27-16-25(42-24-9-7-6-8-10-24)17-35(27)31(41)28(19(2)3)34-29(39)26(32-20(4)37)15-21-11-13-23(38)14-12-21/h6-14,18-19,22,25-28,38H,5,15-17H2,1-4H3,(H,32,37)(H,33,40)(H,34,39)/t22-,25+,26-,27-,28-/m0/s1. The van der Waals surface area contributed by atoms with E-state index in [0.29, 0.717) is 24.0 Å². The van der Waals surface area contributed by atoms with Crippen molar-refractivity contribution in [2.75, 3.05) is 6.54 Å². The lowest BCUT2D eigenvalue weighted by Crippen LogP contribution is -2.58. The lowest BCUT2D eigenvalue weighted by atomic mass is 10.00.